The maximum absolute atomic E-state index is 12.0. The van der Waals surface area contributed by atoms with E-state index in [-0.39, 0.29) is 0 Å². The minimum absolute atomic E-state index is 0.418. The number of carbonyl (C=O) groups is 2. The molecule has 6 nitrogen and oxygen atoms in total. The zero-order chi connectivity index (χ0) is 14.1. The van der Waals surface area contributed by atoms with Gasteiger partial charge in [-0.15, -0.1) is 0 Å². The Hall–Kier alpha value is -1.61. The van der Waals surface area contributed by atoms with Crippen LogP contribution >= 0.6 is 0 Å². The van der Waals surface area contributed by atoms with Crippen LogP contribution < -0.4 is 5.32 Å². The monoisotopic (exact) mass is 267 g/mol. The van der Waals surface area contributed by atoms with Gasteiger partial charge in [-0.3, -0.25) is 9.59 Å². The van der Waals surface area contributed by atoms with E-state index in [0.717, 1.165) is 19.3 Å². The summed E-state index contributed by atoms with van der Waals surface area (Å²) in [7, 11) is 0. The summed E-state index contributed by atoms with van der Waals surface area (Å²) >= 11 is 0. The zero-order valence-electron chi connectivity index (χ0n) is 11.4. The van der Waals surface area contributed by atoms with E-state index >= 15 is 0 Å². The lowest BCUT2D eigenvalue weighted by Crippen LogP contribution is -2.47. The summed E-state index contributed by atoms with van der Waals surface area (Å²) in [5.41, 5.74) is 0. The minimum Gasteiger partial charge on any atom is -0.378 e. The van der Waals surface area contributed by atoms with E-state index in [1.165, 1.54) is 4.90 Å². The molecule has 1 heterocycles. The SMILES string of the molecule is CCCCCNC(=O)[C@H](C#N)C(=O)N1CCOCC1. The van der Waals surface area contributed by atoms with Gasteiger partial charge in [0.2, 0.25) is 17.7 Å². The second-order valence-electron chi connectivity index (χ2n) is 4.50. The number of ether oxygens (including phenoxy) is 1. The Kier molecular flexibility index (Phi) is 6.90. The van der Waals surface area contributed by atoms with Crippen LogP contribution in [0.25, 0.3) is 0 Å². The number of hydrogen-bond acceptors (Lipinski definition) is 4. The van der Waals surface area contributed by atoms with E-state index in [2.05, 4.69) is 12.2 Å². The van der Waals surface area contributed by atoms with Crippen molar-refractivity contribution in [1.29, 1.82) is 5.26 Å². The lowest BCUT2D eigenvalue weighted by atomic mass is 10.1. The smallest absolute Gasteiger partial charge is 0.249 e. The van der Waals surface area contributed by atoms with Crippen molar-refractivity contribution in [3.63, 3.8) is 0 Å². The molecule has 106 valence electrons. The summed E-state index contributed by atoms with van der Waals surface area (Å²) in [5.74, 6) is -2.14. The van der Waals surface area contributed by atoms with Crippen molar-refractivity contribution in [3.05, 3.63) is 0 Å². The molecule has 1 aliphatic heterocycles. The topological polar surface area (TPSA) is 82.4 Å². The molecule has 1 aliphatic rings. The summed E-state index contributed by atoms with van der Waals surface area (Å²) in [6.07, 6.45) is 2.95. The maximum Gasteiger partial charge on any atom is 0.249 e. The molecule has 1 fully saturated rings. The second-order valence-corrected chi connectivity index (χ2v) is 4.50. The lowest BCUT2D eigenvalue weighted by Gasteiger charge is -2.28. The van der Waals surface area contributed by atoms with Crippen molar-refractivity contribution < 1.29 is 14.3 Å². The molecule has 0 spiro atoms. The predicted octanol–water partition coefficient (Wildman–Crippen LogP) is 0.291. The highest BCUT2D eigenvalue weighted by molar-refractivity contribution is 6.02. The van der Waals surface area contributed by atoms with E-state index in [4.69, 9.17) is 10.00 Å². The fraction of sp³-hybridized carbons (Fsp3) is 0.769. The molecule has 1 rings (SSSR count). The first-order chi connectivity index (χ1) is 9.20. The molecule has 0 saturated carbocycles. The molecular formula is C13H21N3O3. The van der Waals surface area contributed by atoms with Gasteiger partial charge in [-0.05, 0) is 6.42 Å². The van der Waals surface area contributed by atoms with Gasteiger partial charge in [0.25, 0.3) is 0 Å². The van der Waals surface area contributed by atoms with Crippen LogP contribution in [-0.4, -0.2) is 49.6 Å². The molecule has 1 N–H and O–H groups in total. The van der Waals surface area contributed by atoms with Gasteiger partial charge in [-0.25, -0.2) is 0 Å². The minimum atomic E-state index is -1.24. The molecule has 0 radical (unpaired) electrons. The first kappa shape index (κ1) is 15.4. The van der Waals surface area contributed by atoms with Crippen LogP contribution in [-0.2, 0) is 14.3 Å². The fourth-order valence-electron chi connectivity index (χ4n) is 1.88. The summed E-state index contributed by atoms with van der Waals surface area (Å²) in [6, 6.07) is 1.80. The number of nitriles is 1. The fourth-order valence-corrected chi connectivity index (χ4v) is 1.88. The Balaban J connectivity index is 2.44. The number of unbranched alkanes of at least 4 members (excludes halogenated alkanes) is 2. The highest BCUT2D eigenvalue weighted by Gasteiger charge is 2.31. The van der Waals surface area contributed by atoms with Gasteiger partial charge in [-0.2, -0.15) is 5.26 Å². The summed E-state index contributed by atoms with van der Waals surface area (Å²) in [5, 5.41) is 11.7. The Morgan fingerprint density at radius 2 is 2.05 bits per heavy atom. The van der Waals surface area contributed by atoms with Gasteiger partial charge in [-0.1, -0.05) is 19.8 Å². The molecule has 0 aromatic heterocycles. The van der Waals surface area contributed by atoms with Crippen LogP contribution in [0.5, 0.6) is 0 Å². The third-order valence-electron chi connectivity index (χ3n) is 3.04. The number of amides is 2. The van der Waals surface area contributed by atoms with Gasteiger partial charge in [0.05, 0.1) is 19.3 Å². The Bertz CT molecular complexity index is 346. The molecule has 0 aromatic rings. The quantitative estimate of drug-likeness (QED) is 0.554. The van der Waals surface area contributed by atoms with E-state index < -0.39 is 17.7 Å². The van der Waals surface area contributed by atoms with Crippen molar-refractivity contribution in [2.24, 2.45) is 5.92 Å². The van der Waals surface area contributed by atoms with Crippen LogP contribution in [0, 0.1) is 17.2 Å². The van der Waals surface area contributed by atoms with E-state index in [1.807, 2.05) is 0 Å². The second kappa shape index (κ2) is 8.48. The Morgan fingerprint density at radius 3 is 2.63 bits per heavy atom. The van der Waals surface area contributed by atoms with Crippen molar-refractivity contribution in [2.45, 2.75) is 26.2 Å². The van der Waals surface area contributed by atoms with Crippen molar-refractivity contribution in [2.75, 3.05) is 32.8 Å². The Morgan fingerprint density at radius 1 is 1.37 bits per heavy atom. The van der Waals surface area contributed by atoms with Gasteiger partial charge >= 0.3 is 0 Å². The van der Waals surface area contributed by atoms with Gasteiger partial charge in [0, 0.05) is 19.6 Å². The number of hydrogen-bond donors (Lipinski definition) is 1. The number of rotatable bonds is 6. The number of carbonyl (C=O) groups excluding carboxylic acids is 2. The first-order valence-corrected chi connectivity index (χ1v) is 6.74. The Labute approximate surface area is 113 Å². The van der Waals surface area contributed by atoms with Crippen molar-refractivity contribution in [1.82, 2.24) is 10.2 Å². The molecular weight excluding hydrogens is 246 g/mol. The molecule has 2 amide bonds. The number of morpholine rings is 1. The summed E-state index contributed by atoms with van der Waals surface area (Å²) in [6.45, 7) is 4.40. The zero-order valence-corrected chi connectivity index (χ0v) is 11.4. The summed E-state index contributed by atoms with van der Waals surface area (Å²) < 4.78 is 5.14. The third kappa shape index (κ3) is 4.87. The number of nitrogens with one attached hydrogen (secondary N) is 1. The van der Waals surface area contributed by atoms with Crippen LogP contribution in [0.2, 0.25) is 0 Å². The highest BCUT2D eigenvalue weighted by Crippen LogP contribution is 2.06. The standard InChI is InChI=1S/C13H21N3O3/c1-2-3-4-5-15-12(17)11(10-14)13(18)16-6-8-19-9-7-16/h11H,2-9H2,1H3,(H,15,17)/t11-/m0/s1. The van der Waals surface area contributed by atoms with Crippen LogP contribution in [0.15, 0.2) is 0 Å². The van der Waals surface area contributed by atoms with Crippen LogP contribution in [0.1, 0.15) is 26.2 Å². The van der Waals surface area contributed by atoms with E-state index in [1.54, 1.807) is 6.07 Å². The van der Waals surface area contributed by atoms with Crippen LogP contribution in [0.4, 0.5) is 0 Å². The van der Waals surface area contributed by atoms with Gasteiger partial charge in [0.15, 0.2) is 0 Å². The molecule has 0 aliphatic carbocycles. The molecule has 0 bridgehead atoms. The van der Waals surface area contributed by atoms with Crippen LogP contribution in [0.3, 0.4) is 0 Å². The average molecular weight is 267 g/mol. The molecule has 6 heteroatoms. The highest BCUT2D eigenvalue weighted by atomic mass is 16.5. The lowest BCUT2D eigenvalue weighted by molar-refractivity contribution is -0.142. The van der Waals surface area contributed by atoms with Gasteiger partial charge < -0.3 is 15.0 Å². The van der Waals surface area contributed by atoms with E-state index in [9.17, 15) is 9.59 Å². The third-order valence-corrected chi connectivity index (χ3v) is 3.04. The maximum atomic E-state index is 12.0. The first-order valence-electron chi connectivity index (χ1n) is 6.74. The van der Waals surface area contributed by atoms with Gasteiger partial charge in [0.1, 0.15) is 0 Å². The normalized spacial score (nSPS) is 16.5. The summed E-state index contributed by atoms with van der Waals surface area (Å²) in [4.78, 5) is 25.4. The molecule has 0 aromatic carbocycles. The average Bonchev–Trinajstić information content (AvgIpc) is 2.45. The molecule has 0 unspecified atom stereocenters. The number of nitrogens with zero attached hydrogens (tertiary/aromatic N) is 2. The molecule has 19 heavy (non-hydrogen) atoms. The molecule has 1 atom stereocenters. The van der Waals surface area contributed by atoms with Crippen molar-refractivity contribution >= 4 is 11.8 Å². The predicted molar refractivity (Wildman–Crippen MR) is 69.0 cm³/mol. The largest absolute Gasteiger partial charge is 0.378 e. The molecule has 1 saturated heterocycles. The van der Waals surface area contributed by atoms with E-state index in [0.29, 0.717) is 32.8 Å². The van der Waals surface area contributed by atoms with Crippen molar-refractivity contribution in [3.8, 4) is 6.07 Å².